The summed E-state index contributed by atoms with van der Waals surface area (Å²) in [6.07, 6.45) is 0. The summed E-state index contributed by atoms with van der Waals surface area (Å²) in [5.41, 5.74) is 2.55. The van der Waals surface area contributed by atoms with Crippen molar-refractivity contribution in [3.8, 4) is 0 Å². The van der Waals surface area contributed by atoms with E-state index < -0.39 is 0 Å². The summed E-state index contributed by atoms with van der Waals surface area (Å²) in [6, 6.07) is 20.9. The molecule has 1 aromatic heterocycles. The van der Waals surface area contributed by atoms with Gasteiger partial charge in [0.25, 0.3) is 0 Å². The average molecular weight is 308 g/mol. The van der Waals surface area contributed by atoms with E-state index in [9.17, 15) is 0 Å². The number of hydrogen-bond donors (Lipinski definition) is 1. The van der Waals surface area contributed by atoms with E-state index in [1.165, 1.54) is 16.0 Å². The lowest BCUT2D eigenvalue weighted by molar-refractivity contribution is -0.926. The van der Waals surface area contributed by atoms with Gasteiger partial charge in [-0.15, -0.1) is 5.10 Å². The maximum Gasteiger partial charge on any atom is 0.206 e. The second-order valence-corrected chi connectivity index (χ2v) is 5.68. The molecule has 0 bridgehead atoms. The first-order chi connectivity index (χ1) is 11.3. The van der Waals surface area contributed by atoms with Crippen LogP contribution in [-0.4, -0.2) is 26.8 Å². The van der Waals surface area contributed by atoms with E-state index in [0.717, 1.165) is 25.5 Å². The fourth-order valence-corrected chi connectivity index (χ4v) is 2.65. The zero-order valence-corrected chi connectivity index (χ0v) is 13.4. The van der Waals surface area contributed by atoms with Gasteiger partial charge in [0.05, 0.1) is 13.1 Å². The molecule has 2 aromatic carbocycles. The predicted molar refractivity (Wildman–Crippen MR) is 88.7 cm³/mol. The maximum atomic E-state index is 4.22. The third-order valence-corrected chi connectivity index (χ3v) is 3.99. The van der Waals surface area contributed by atoms with Crippen LogP contribution in [0.25, 0.3) is 0 Å². The first-order valence-electron chi connectivity index (χ1n) is 8.01. The van der Waals surface area contributed by atoms with Gasteiger partial charge >= 0.3 is 0 Å². The lowest BCUT2D eigenvalue weighted by Gasteiger charge is -2.17. The van der Waals surface area contributed by atoms with Crippen molar-refractivity contribution in [1.82, 2.24) is 20.2 Å². The second-order valence-electron chi connectivity index (χ2n) is 5.68. The molecule has 118 valence electrons. The number of quaternary nitrogens is 1. The Hall–Kier alpha value is -2.53. The molecule has 0 fully saturated rings. The minimum Gasteiger partial charge on any atom is -0.325 e. The zero-order chi connectivity index (χ0) is 15.9. The molecule has 5 heteroatoms. The Kier molecular flexibility index (Phi) is 5.11. The highest BCUT2D eigenvalue weighted by Crippen LogP contribution is 2.02. The van der Waals surface area contributed by atoms with Crippen molar-refractivity contribution in [2.45, 2.75) is 26.6 Å². The van der Waals surface area contributed by atoms with Crippen molar-refractivity contribution in [3.63, 3.8) is 0 Å². The van der Waals surface area contributed by atoms with Crippen LogP contribution < -0.4 is 4.90 Å². The summed E-state index contributed by atoms with van der Waals surface area (Å²) in [4.78, 5) is 1.44. The topological polar surface area (TPSA) is 48.0 Å². The third-order valence-electron chi connectivity index (χ3n) is 3.99. The third kappa shape index (κ3) is 4.23. The van der Waals surface area contributed by atoms with Gasteiger partial charge < -0.3 is 4.90 Å². The van der Waals surface area contributed by atoms with Gasteiger partial charge in [0.2, 0.25) is 5.82 Å². The van der Waals surface area contributed by atoms with E-state index in [4.69, 9.17) is 0 Å². The molecule has 0 aliphatic carbocycles. The summed E-state index contributed by atoms with van der Waals surface area (Å²) in [5.74, 6) is 0.932. The van der Waals surface area contributed by atoms with Crippen LogP contribution in [0.1, 0.15) is 23.9 Å². The van der Waals surface area contributed by atoms with E-state index >= 15 is 0 Å². The number of rotatable bonds is 7. The highest BCUT2D eigenvalue weighted by molar-refractivity contribution is 5.15. The van der Waals surface area contributed by atoms with Crippen LogP contribution in [0.5, 0.6) is 0 Å². The molecule has 1 atom stereocenters. The maximum absolute atomic E-state index is 4.22. The molecular formula is C18H22N5+. The summed E-state index contributed by atoms with van der Waals surface area (Å²) in [7, 11) is 0. The standard InChI is InChI=1S/C18H21N5/c1-2-22(13-16-9-5-3-6-10-16)15-18-19-20-21-23(18)14-17-11-7-4-8-12-17/h3-12H,2,13-15H2,1H3/p+1. The fourth-order valence-electron chi connectivity index (χ4n) is 2.65. The van der Waals surface area contributed by atoms with Gasteiger partial charge in [-0.3, -0.25) is 0 Å². The quantitative estimate of drug-likeness (QED) is 0.716. The summed E-state index contributed by atoms with van der Waals surface area (Å²) in [6.45, 7) is 5.75. The molecule has 3 rings (SSSR count). The molecule has 0 amide bonds. The number of aromatic nitrogens is 4. The number of nitrogens with zero attached hydrogens (tertiary/aromatic N) is 4. The van der Waals surface area contributed by atoms with E-state index in [0.29, 0.717) is 6.54 Å². The van der Waals surface area contributed by atoms with Crippen molar-refractivity contribution in [1.29, 1.82) is 0 Å². The number of hydrogen-bond acceptors (Lipinski definition) is 3. The van der Waals surface area contributed by atoms with Crippen LogP contribution in [-0.2, 0) is 19.6 Å². The molecule has 0 aliphatic rings. The van der Waals surface area contributed by atoms with Gasteiger partial charge in [-0.1, -0.05) is 60.7 Å². The lowest BCUT2D eigenvalue weighted by atomic mass is 10.2. The predicted octanol–water partition coefficient (Wildman–Crippen LogP) is 1.33. The normalized spacial score (nSPS) is 12.2. The fraction of sp³-hybridized carbons (Fsp3) is 0.278. The van der Waals surface area contributed by atoms with Crippen LogP contribution in [0.4, 0.5) is 0 Å². The monoisotopic (exact) mass is 308 g/mol. The summed E-state index contributed by atoms with van der Waals surface area (Å²) in [5, 5.41) is 12.2. The minimum atomic E-state index is 0.714. The molecule has 1 unspecified atom stereocenters. The first kappa shape index (κ1) is 15.4. The van der Waals surface area contributed by atoms with Crippen LogP contribution >= 0.6 is 0 Å². The number of nitrogens with one attached hydrogen (secondary N) is 1. The summed E-state index contributed by atoms with van der Waals surface area (Å²) < 4.78 is 1.90. The van der Waals surface area contributed by atoms with Gasteiger partial charge in [0.15, 0.2) is 0 Å². The Morgan fingerprint density at radius 1 is 0.870 bits per heavy atom. The van der Waals surface area contributed by atoms with Crippen LogP contribution in [0, 0.1) is 0 Å². The molecule has 1 N–H and O–H groups in total. The van der Waals surface area contributed by atoms with Gasteiger partial charge in [-0.2, -0.15) is 0 Å². The van der Waals surface area contributed by atoms with Crippen LogP contribution in [0.2, 0.25) is 0 Å². The van der Waals surface area contributed by atoms with Crippen molar-refractivity contribution in [2.75, 3.05) is 6.54 Å². The molecule has 3 aromatic rings. The minimum absolute atomic E-state index is 0.714. The first-order valence-corrected chi connectivity index (χ1v) is 8.01. The summed E-state index contributed by atoms with van der Waals surface area (Å²) >= 11 is 0. The second kappa shape index (κ2) is 7.65. The van der Waals surface area contributed by atoms with E-state index in [1.807, 2.05) is 22.9 Å². The molecule has 0 spiro atoms. The van der Waals surface area contributed by atoms with Crippen molar-refractivity contribution < 1.29 is 4.90 Å². The Morgan fingerprint density at radius 3 is 2.17 bits per heavy atom. The molecule has 0 saturated heterocycles. The van der Waals surface area contributed by atoms with E-state index in [1.54, 1.807) is 0 Å². The van der Waals surface area contributed by atoms with Crippen molar-refractivity contribution in [2.24, 2.45) is 0 Å². The molecule has 0 radical (unpaired) electrons. The largest absolute Gasteiger partial charge is 0.325 e. The zero-order valence-electron chi connectivity index (χ0n) is 13.4. The highest BCUT2D eigenvalue weighted by Gasteiger charge is 2.14. The number of benzene rings is 2. The van der Waals surface area contributed by atoms with Crippen LogP contribution in [0.15, 0.2) is 60.7 Å². The van der Waals surface area contributed by atoms with E-state index in [2.05, 4.69) is 64.9 Å². The van der Waals surface area contributed by atoms with Gasteiger partial charge in [0.1, 0.15) is 13.1 Å². The smallest absolute Gasteiger partial charge is 0.206 e. The molecule has 1 heterocycles. The average Bonchev–Trinajstić information content (AvgIpc) is 3.03. The van der Waals surface area contributed by atoms with Gasteiger partial charge in [-0.05, 0) is 22.9 Å². The molecule has 5 nitrogen and oxygen atoms in total. The number of tetrazole rings is 1. The Morgan fingerprint density at radius 2 is 1.52 bits per heavy atom. The van der Waals surface area contributed by atoms with Crippen LogP contribution in [0.3, 0.4) is 0 Å². The van der Waals surface area contributed by atoms with Crippen molar-refractivity contribution >= 4 is 0 Å². The Labute approximate surface area is 136 Å². The lowest BCUT2D eigenvalue weighted by Crippen LogP contribution is -3.09. The van der Waals surface area contributed by atoms with Gasteiger partial charge in [-0.25, -0.2) is 4.68 Å². The van der Waals surface area contributed by atoms with Gasteiger partial charge in [0, 0.05) is 5.56 Å². The molecule has 0 aliphatic heterocycles. The molecular weight excluding hydrogens is 286 g/mol. The van der Waals surface area contributed by atoms with E-state index in [-0.39, 0.29) is 0 Å². The highest BCUT2D eigenvalue weighted by atomic mass is 15.5. The Balaban J connectivity index is 1.68. The SMILES string of the molecule is CC[NH+](Cc1ccccc1)Cc1nnnn1Cc1ccccc1. The molecule has 0 saturated carbocycles. The molecule has 23 heavy (non-hydrogen) atoms. The van der Waals surface area contributed by atoms with Crippen molar-refractivity contribution in [3.05, 3.63) is 77.6 Å². The Bertz CT molecular complexity index is 709.